The van der Waals surface area contributed by atoms with E-state index in [0.29, 0.717) is 17.0 Å². The summed E-state index contributed by atoms with van der Waals surface area (Å²) in [6.45, 7) is 0. The largest absolute Gasteiger partial charge is 0.508 e. The Morgan fingerprint density at radius 2 is 2.04 bits per heavy atom. The number of anilines is 1. The van der Waals surface area contributed by atoms with E-state index < -0.39 is 0 Å². The van der Waals surface area contributed by atoms with E-state index in [0.717, 1.165) is 35.0 Å². The second kappa shape index (κ2) is 4.96. The van der Waals surface area contributed by atoms with Crippen molar-refractivity contribution < 1.29 is 5.11 Å². The number of fused-ring (bicyclic) bond motifs is 1. The van der Waals surface area contributed by atoms with Crippen LogP contribution in [-0.4, -0.2) is 15.1 Å². The number of phenolic OH excluding ortho intramolecular Hbond substituents is 1. The van der Waals surface area contributed by atoms with Gasteiger partial charge < -0.3 is 10.8 Å². The first kappa shape index (κ1) is 13.5. The highest BCUT2D eigenvalue weighted by Crippen LogP contribution is 2.41. The van der Waals surface area contributed by atoms with Gasteiger partial charge in [-0.25, -0.2) is 4.98 Å². The van der Waals surface area contributed by atoms with Crippen LogP contribution in [0.3, 0.4) is 0 Å². The first-order chi connectivity index (χ1) is 11.2. The van der Waals surface area contributed by atoms with Crippen LogP contribution in [0.15, 0.2) is 36.5 Å². The third kappa shape index (κ3) is 2.34. The fourth-order valence-electron chi connectivity index (χ4n) is 2.78. The summed E-state index contributed by atoms with van der Waals surface area (Å²) in [6, 6.07) is 11.1. The fourth-order valence-corrected chi connectivity index (χ4v) is 2.78. The van der Waals surface area contributed by atoms with Gasteiger partial charge in [-0.1, -0.05) is 0 Å². The zero-order chi connectivity index (χ0) is 16.0. The number of pyridine rings is 2. The summed E-state index contributed by atoms with van der Waals surface area (Å²) in [5.41, 5.74) is 9.61. The number of hydrogen-bond acceptors (Lipinski definition) is 5. The van der Waals surface area contributed by atoms with Gasteiger partial charge in [0.25, 0.3) is 0 Å². The number of benzene rings is 1. The van der Waals surface area contributed by atoms with Gasteiger partial charge in [0.2, 0.25) is 0 Å². The van der Waals surface area contributed by atoms with Gasteiger partial charge >= 0.3 is 0 Å². The van der Waals surface area contributed by atoms with Crippen molar-refractivity contribution in [3.8, 4) is 22.9 Å². The lowest BCUT2D eigenvalue weighted by Crippen LogP contribution is -2.01. The number of nitrogens with zero attached hydrogens (tertiary/aromatic N) is 3. The van der Waals surface area contributed by atoms with Gasteiger partial charge in [-0.2, -0.15) is 5.26 Å². The lowest BCUT2D eigenvalue weighted by molar-refractivity contribution is 0.476. The third-order valence-corrected chi connectivity index (χ3v) is 4.15. The number of aromatic nitrogens is 2. The zero-order valence-electron chi connectivity index (χ0n) is 12.3. The van der Waals surface area contributed by atoms with E-state index in [-0.39, 0.29) is 11.6 Å². The van der Waals surface area contributed by atoms with Gasteiger partial charge in [0.15, 0.2) is 0 Å². The number of aromatic hydroxyl groups is 1. The molecule has 23 heavy (non-hydrogen) atoms. The van der Waals surface area contributed by atoms with Gasteiger partial charge in [-0.3, -0.25) is 4.98 Å². The Labute approximate surface area is 133 Å². The highest BCUT2D eigenvalue weighted by molar-refractivity contribution is 5.86. The molecule has 1 aromatic carbocycles. The summed E-state index contributed by atoms with van der Waals surface area (Å²) in [5.74, 6) is 0.909. The molecule has 0 atom stereocenters. The maximum atomic E-state index is 9.53. The molecule has 0 spiro atoms. The Morgan fingerprint density at radius 3 is 2.78 bits per heavy atom. The van der Waals surface area contributed by atoms with Crippen molar-refractivity contribution in [3.63, 3.8) is 0 Å². The van der Waals surface area contributed by atoms with Crippen molar-refractivity contribution in [3.05, 3.63) is 47.8 Å². The van der Waals surface area contributed by atoms with Crippen LogP contribution >= 0.6 is 0 Å². The van der Waals surface area contributed by atoms with Gasteiger partial charge in [-0.05, 0) is 37.1 Å². The summed E-state index contributed by atoms with van der Waals surface area (Å²) in [6.07, 6.45) is 3.94. The molecule has 3 N–H and O–H groups in total. The van der Waals surface area contributed by atoms with Crippen LogP contribution in [0.5, 0.6) is 5.75 Å². The van der Waals surface area contributed by atoms with Crippen LogP contribution in [0.4, 0.5) is 5.82 Å². The number of nitriles is 1. The average Bonchev–Trinajstić information content (AvgIpc) is 3.38. The van der Waals surface area contributed by atoms with Gasteiger partial charge in [0.1, 0.15) is 23.2 Å². The fraction of sp³-hybridized carbons (Fsp3) is 0.167. The average molecular weight is 302 g/mol. The molecule has 5 heteroatoms. The van der Waals surface area contributed by atoms with Gasteiger partial charge in [-0.15, -0.1) is 0 Å². The number of hydrogen-bond donors (Lipinski definition) is 2. The standard InChI is InChI=1S/C18H14N4O/c19-8-15-14(7-17(10-1-2-10)22-18(15)20)12-5-11-3-4-13(23)6-16(11)21-9-12/h3-7,9-10,23H,1-2H2,(H2,20,22). The molecule has 1 saturated carbocycles. The van der Waals surface area contributed by atoms with Crippen molar-refractivity contribution in [1.29, 1.82) is 5.26 Å². The van der Waals surface area contributed by atoms with E-state index in [9.17, 15) is 10.4 Å². The minimum absolute atomic E-state index is 0.180. The molecule has 1 fully saturated rings. The first-order valence-corrected chi connectivity index (χ1v) is 7.45. The van der Waals surface area contributed by atoms with Gasteiger partial charge in [0.05, 0.1) is 5.52 Å². The van der Waals surface area contributed by atoms with Crippen LogP contribution in [0.25, 0.3) is 22.0 Å². The SMILES string of the molecule is N#Cc1c(-c2cnc3cc(O)ccc3c2)cc(C2CC2)nc1N. The second-order valence-electron chi connectivity index (χ2n) is 5.84. The topological polar surface area (TPSA) is 95.8 Å². The number of nitrogen functional groups attached to an aromatic ring is 1. The highest BCUT2D eigenvalue weighted by Gasteiger charge is 2.27. The monoisotopic (exact) mass is 302 g/mol. The molecule has 0 bridgehead atoms. The maximum absolute atomic E-state index is 9.53. The van der Waals surface area contributed by atoms with Crippen LogP contribution in [-0.2, 0) is 0 Å². The normalized spacial score (nSPS) is 13.9. The highest BCUT2D eigenvalue weighted by atomic mass is 16.3. The molecule has 0 saturated heterocycles. The number of nitrogens with two attached hydrogens (primary N) is 1. The predicted octanol–water partition coefficient (Wildman–Crippen LogP) is 3.33. The summed E-state index contributed by atoms with van der Waals surface area (Å²) >= 11 is 0. The molecule has 2 heterocycles. The smallest absolute Gasteiger partial charge is 0.142 e. The molecule has 4 rings (SSSR count). The summed E-state index contributed by atoms with van der Waals surface area (Å²) in [4.78, 5) is 8.75. The molecule has 1 aliphatic rings. The number of rotatable bonds is 2. The van der Waals surface area contributed by atoms with Crippen molar-refractivity contribution in [2.45, 2.75) is 18.8 Å². The lowest BCUT2D eigenvalue weighted by atomic mass is 9.99. The molecular formula is C18H14N4O. The zero-order valence-corrected chi connectivity index (χ0v) is 12.3. The third-order valence-electron chi connectivity index (χ3n) is 4.15. The minimum Gasteiger partial charge on any atom is -0.508 e. The Morgan fingerprint density at radius 1 is 1.22 bits per heavy atom. The van der Waals surface area contributed by atoms with E-state index in [2.05, 4.69) is 16.0 Å². The lowest BCUT2D eigenvalue weighted by Gasteiger charge is -2.10. The predicted molar refractivity (Wildman–Crippen MR) is 87.7 cm³/mol. The van der Waals surface area contributed by atoms with Crippen LogP contribution in [0, 0.1) is 11.3 Å². The van der Waals surface area contributed by atoms with Crippen LogP contribution in [0.2, 0.25) is 0 Å². The Bertz CT molecular complexity index is 971. The maximum Gasteiger partial charge on any atom is 0.142 e. The Hall–Kier alpha value is -3.13. The van der Waals surface area contributed by atoms with E-state index in [4.69, 9.17) is 5.73 Å². The van der Waals surface area contributed by atoms with Crippen LogP contribution < -0.4 is 5.73 Å². The molecule has 0 radical (unpaired) electrons. The molecule has 5 nitrogen and oxygen atoms in total. The summed E-state index contributed by atoms with van der Waals surface area (Å²) in [7, 11) is 0. The van der Waals surface area contributed by atoms with E-state index in [1.165, 1.54) is 0 Å². The van der Waals surface area contributed by atoms with Crippen molar-refractivity contribution >= 4 is 16.7 Å². The summed E-state index contributed by atoms with van der Waals surface area (Å²) in [5, 5.41) is 19.9. The van der Waals surface area contributed by atoms with E-state index >= 15 is 0 Å². The summed E-state index contributed by atoms with van der Waals surface area (Å²) < 4.78 is 0. The second-order valence-corrected chi connectivity index (χ2v) is 5.84. The Balaban J connectivity index is 1.92. The molecule has 0 unspecified atom stereocenters. The van der Waals surface area contributed by atoms with Crippen LogP contribution in [0.1, 0.15) is 30.0 Å². The van der Waals surface area contributed by atoms with Crippen molar-refractivity contribution in [2.24, 2.45) is 0 Å². The quantitative estimate of drug-likeness (QED) is 0.757. The Kier molecular flexibility index (Phi) is 2.91. The molecule has 0 aliphatic heterocycles. The molecule has 112 valence electrons. The van der Waals surface area contributed by atoms with Crippen molar-refractivity contribution in [2.75, 3.05) is 5.73 Å². The minimum atomic E-state index is 0.180. The van der Waals surface area contributed by atoms with Gasteiger partial charge in [0, 0.05) is 40.4 Å². The number of phenols is 1. The van der Waals surface area contributed by atoms with Crippen molar-refractivity contribution in [1.82, 2.24) is 9.97 Å². The molecule has 3 aromatic rings. The molecular weight excluding hydrogens is 288 g/mol. The van der Waals surface area contributed by atoms with E-state index in [1.807, 2.05) is 12.1 Å². The molecule has 1 aliphatic carbocycles. The molecule has 0 amide bonds. The van der Waals surface area contributed by atoms with E-state index in [1.54, 1.807) is 24.4 Å². The molecule has 2 aromatic heterocycles. The first-order valence-electron chi connectivity index (χ1n) is 7.45.